The molecule has 1 aromatic carbocycles. The van der Waals surface area contributed by atoms with Crippen molar-refractivity contribution in [1.82, 2.24) is 5.32 Å². The van der Waals surface area contributed by atoms with Gasteiger partial charge in [-0.25, -0.2) is 4.39 Å². The standard InChI is InChI=1S/C14H22FNO/c1-14(2,7-4-8-17)11-16-10-12-5-3-6-13(15)9-12/h3,5-6,9,16-17H,4,7-8,10-11H2,1-2H3. The van der Waals surface area contributed by atoms with Crippen LogP contribution in [-0.4, -0.2) is 18.3 Å². The molecule has 17 heavy (non-hydrogen) atoms. The maximum atomic E-state index is 12.9. The molecule has 1 aromatic rings. The average Bonchev–Trinajstić information content (AvgIpc) is 2.26. The first-order valence-electron chi connectivity index (χ1n) is 6.09. The highest BCUT2D eigenvalue weighted by molar-refractivity contribution is 5.15. The van der Waals surface area contributed by atoms with Crippen molar-refractivity contribution in [3.05, 3.63) is 35.6 Å². The normalized spacial score (nSPS) is 11.8. The second-order valence-corrected chi connectivity index (χ2v) is 5.22. The lowest BCUT2D eigenvalue weighted by Crippen LogP contribution is -2.29. The fourth-order valence-electron chi connectivity index (χ4n) is 1.84. The van der Waals surface area contributed by atoms with Gasteiger partial charge in [0.2, 0.25) is 0 Å². The van der Waals surface area contributed by atoms with Crippen LogP contribution in [0.1, 0.15) is 32.3 Å². The second kappa shape index (κ2) is 6.72. The average molecular weight is 239 g/mol. The van der Waals surface area contributed by atoms with Gasteiger partial charge in [0.15, 0.2) is 0 Å². The highest BCUT2D eigenvalue weighted by atomic mass is 19.1. The molecule has 0 heterocycles. The SMILES string of the molecule is CC(C)(CCCO)CNCc1cccc(F)c1. The number of nitrogens with one attached hydrogen (secondary N) is 1. The minimum atomic E-state index is -0.191. The Hall–Kier alpha value is -0.930. The Bertz CT molecular complexity index is 339. The number of hydrogen-bond donors (Lipinski definition) is 2. The van der Waals surface area contributed by atoms with Crippen LogP contribution in [-0.2, 0) is 6.54 Å². The second-order valence-electron chi connectivity index (χ2n) is 5.22. The molecule has 0 bridgehead atoms. The van der Waals surface area contributed by atoms with E-state index in [4.69, 9.17) is 5.11 Å². The topological polar surface area (TPSA) is 32.3 Å². The lowest BCUT2D eigenvalue weighted by atomic mass is 9.88. The summed E-state index contributed by atoms with van der Waals surface area (Å²) >= 11 is 0. The molecule has 0 amide bonds. The molecule has 2 nitrogen and oxygen atoms in total. The summed E-state index contributed by atoms with van der Waals surface area (Å²) in [6.45, 7) is 6.12. The van der Waals surface area contributed by atoms with E-state index in [0.717, 1.165) is 24.9 Å². The highest BCUT2D eigenvalue weighted by Gasteiger charge is 2.16. The van der Waals surface area contributed by atoms with Crippen LogP contribution in [0.4, 0.5) is 4.39 Å². The smallest absolute Gasteiger partial charge is 0.123 e. The number of rotatable bonds is 7. The van der Waals surface area contributed by atoms with Crippen LogP contribution in [0, 0.1) is 11.2 Å². The molecule has 0 atom stereocenters. The summed E-state index contributed by atoms with van der Waals surface area (Å²) in [5, 5.41) is 12.1. The van der Waals surface area contributed by atoms with Gasteiger partial charge in [0.25, 0.3) is 0 Å². The van der Waals surface area contributed by atoms with Gasteiger partial charge in [0.1, 0.15) is 5.82 Å². The van der Waals surface area contributed by atoms with Crippen molar-refractivity contribution < 1.29 is 9.50 Å². The molecule has 0 fully saturated rings. The zero-order valence-electron chi connectivity index (χ0n) is 10.7. The number of halogens is 1. The lowest BCUT2D eigenvalue weighted by molar-refractivity contribution is 0.236. The minimum Gasteiger partial charge on any atom is -0.396 e. The zero-order chi connectivity index (χ0) is 12.7. The third-order valence-electron chi connectivity index (χ3n) is 2.83. The van der Waals surface area contributed by atoms with Gasteiger partial charge in [-0.3, -0.25) is 0 Å². The van der Waals surface area contributed by atoms with Gasteiger partial charge < -0.3 is 10.4 Å². The van der Waals surface area contributed by atoms with E-state index in [-0.39, 0.29) is 17.8 Å². The molecule has 0 saturated heterocycles. The maximum Gasteiger partial charge on any atom is 0.123 e. The zero-order valence-corrected chi connectivity index (χ0v) is 10.7. The number of aliphatic hydroxyl groups is 1. The molecule has 0 unspecified atom stereocenters. The van der Waals surface area contributed by atoms with E-state index in [1.807, 2.05) is 6.07 Å². The monoisotopic (exact) mass is 239 g/mol. The molecule has 0 aromatic heterocycles. The van der Waals surface area contributed by atoms with Crippen molar-refractivity contribution >= 4 is 0 Å². The van der Waals surface area contributed by atoms with E-state index in [2.05, 4.69) is 19.2 Å². The predicted molar refractivity (Wildman–Crippen MR) is 68.2 cm³/mol. The van der Waals surface area contributed by atoms with Gasteiger partial charge in [-0.15, -0.1) is 0 Å². The molecular weight excluding hydrogens is 217 g/mol. The largest absolute Gasteiger partial charge is 0.396 e. The maximum absolute atomic E-state index is 12.9. The molecule has 0 aliphatic heterocycles. The van der Waals surface area contributed by atoms with Crippen LogP contribution in [0.5, 0.6) is 0 Å². The van der Waals surface area contributed by atoms with Crippen molar-refractivity contribution in [3.8, 4) is 0 Å². The van der Waals surface area contributed by atoms with E-state index < -0.39 is 0 Å². The first kappa shape index (κ1) is 14.1. The third-order valence-corrected chi connectivity index (χ3v) is 2.83. The summed E-state index contributed by atoms with van der Waals surface area (Å²) < 4.78 is 12.9. The summed E-state index contributed by atoms with van der Waals surface area (Å²) in [5.41, 5.74) is 1.12. The number of benzene rings is 1. The lowest BCUT2D eigenvalue weighted by Gasteiger charge is -2.24. The highest BCUT2D eigenvalue weighted by Crippen LogP contribution is 2.20. The molecule has 0 saturated carbocycles. The van der Waals surface area contributed by atoms with E-state index in [9.17, 15) is 4.39 Å². The first-order chi connectivity index (χ1) is 8.03. The van der Waals surface area contributed by atoms with Crippen molar-refractivity contribution in [2.75, 3.05) is 13.2 Å². The van der Waals surface area contributed by atoms with Gasteiger partial charge in [0.05, 0.1) is 0 Å². The summed E-state index contributed by atoms with van der Waals surface area (Å²) in [5.74, 6) is -0.191. The Labute approximate surface area is 103 Å². The third kappa shape index (κ3) is 5.80. The molecule has 0 aliphatic rings. The van der Waals surface area contributed by atoms with Gasteiger partial charge in [0, 0.05) is 19.7 Å². The Morgan fingerprint density at radius 1 is 1.35 bits per heavy atom. The number of hydrogen-bond acceptors (Lipinski definition) is 2. The van der Waals surface area contributed by atoms with E-state index in [0.29, 0.717) is 6.54 Å². The molecule has 2 N–H and O–H groups in total. The van der Waals surface area contributed by atoms with Crippen LogP contribution < -0.4 is 5.32 Å². The van der Waals surface area contributed by atoms with E-state index in [1.165, 1.54) is 6.07 Å². The molecule has 0 radical (unpaired) electrons. The Kier molecular flexibility index (Phi) is 5.59. The fraction of sp³-hybridized carbons (Fsp3) is 0.571. The quantitative estimate of drug-likeness (QED) is 0.767. The van der Waals surface area contributed by atoms with Crippen LogP contribution in [0.2, 0.25) is 0 Å². The van der Waals surface area contributed by atoms with Crippen molar-refractivity contribution in [2.45, 2.75) is 33.2 Å². The summed E-state index contributed by atoms with van der Waals surface area (Å²) in [7, 11) is 0. The van der Waals surface area contributed by atoms with Crippen molar-refractivity contribution in [3.63, 3.8) is 0 Å². The Balaban J connectivity index is 2.32. The Morgan fingerprint density at radius 3 is 2.76 bits per heavy atom. The molecular formula is C14H22FNO. The van der Waals surface area contributed by atoms with Crippen molar-refractivity contribution in [2.24, 2.45) is 5.41 Å². The van der Waals surface area contributed by atoms with Crippen LogP contribution in [0.15, 0.2) is 24.3 Å². The van der Waals surface area contributed by atoms with Gasteiger partial charge in [-0.2, -0.15) is 0 Å². The van der Waals surface area contributed by atoms with Crippen LogP contribution >= 0.6 is 0 Å². The molecule has 0 aliphatic carbocycles. The van der Waals surface area contributed by atoms with Gasteiger partial charge in [-0.1, -0.05) is 26.0 Å². The van der Waals surface area contributed by atoms with Gasteiger partial charge >= 0.3 is 0 Å². The summed E-state index contributed by atoms with van der Waals surface area (Å²) in [6.07, 6.45) is 1.81. The van der Waals surface area contributed by atoms with E-state index >= 15 is 0 Å². The molecule has 0 spiro atoms. The fourth-order valence-corrected chi connectivity index (χ4v) is 1.84. The van der Waals surface area contributed by atoms with E-state index in [1.54, 1.807) is 12.1 Å². The molecule has 96 valence electrons. The van der Waals surface area contributed by atoms with Crippen LogP contribution in [0.25, 0.3) is 0 Å². The Morgan fingerprint density at radius 2 is 2.12 bits per heavy atom. The number of aliphatic hydroxyl groups excluding tert-OH is 1. The summed E-state index contributed by atoms with van der Waals surface area (Å²) in [6, 6.07) is 6.64. The minimum absolute atomic E-state index is 0.163. The molecule has 3 heteroatoms. The first-order valence-corrected chi connectivity index (χ1v) is 6.09. The molecule has 1 rings (SSSR count). The summed E-state index contributed by atoms with van der Waals surface area (Å²) in [4.78, 5) is 0. The van der Waals surface area contributed by atoms with Gasteiger partial charge in [-0.05, 0) is 36.0 Å². The predicted octanol–water partition coefficient (Wildman–Crippen LogP) is 2.71. The van der Waals surface area contributed by atoms with Crippen LogP contribution in [0.3, 0.4) is 0 Å². The van der Waals surface area contributed by atoms with Crippen molar-refractivity contribution in [1.29, 1.82) is 0 Å².